The lowest BCUT2D eigenvalue weighted by Crippen LogP contribution is -2.31. The molecule has 1 saturated heterocycles. The van der Waals surface area contributed by atoms with Crippen molar-refractivity contribution < 1.29 is 4.74 Å². The maximum absolute atomic E-state index is 6.40. The predicted molar refractivity (Wildman–Crippen MR) is 78.4 cm³/mol. The van der Waals surface area contributed by atoms with Crippen LogP contribution in [0, 0.1) is 5.92 Å². The highest BCUT2D eigenvalue weighted by Crippen LogP contribution is 2.28. The smallest absolute Gasteiger partial charge is 0.0949 e. The first kappa shape index (κ1) is 14.0. The van der Waals surface area contributed by atoms with Crippen LogP contribution in [0.25, 0.3) is 0 Å². The van der Waals surface area contributed by atoms with Gasteiger partial charge in [-0.25, -0.2) is 4.98 Å². The fourth-order valence-electron chi connectivity index (χ4n) is 3.15. The number of imidazole rings is 1. The standard InChI is InChI=1S/C15H26N4O/c1-2-18(13-3-4-13)6-7-19-11-17-9-14(19)15(16)12-5-8-20-10-12/h9,11-13,15H,2-8,10,16H2,1H3. The zero-order chi connectivity index (χ0) is 13.9. The van der Waals surface area contributed by atoms with Gasteiger partial charge in [-0.1, -0.05) is 6.92 Å². The number of nitrogens with zero attached hydrogens (tertiary/aromatic N) is 3. The Hall–Kier alpha value is -0.910. The van der Waals surface area contributed by atoms with Crippen molar-refractivity contribution in [1.29, 1.82) is 0 Å². The monoisotopic (exact) mass is 278 g/mol. The van der Waals surface area contributed by atoms with Crippen LogP contribution in [0.3, 0.4) is 0 Å². The minimum atomic E-state index is 0.0519. The van der Waals surface area contributed by atoms with Gasteiger partial charge >= 0.3 is 0 Å². The van der Waals surface area contributed by atoms with Crippen molar-refractivity contribution in [1.82, 2.24) is 14.5 Å². The summed E-state index contributed by atoms with van der Waals surface area (Å²) in [4.78, 5) is 6.87. The summed E-state index contributed by atoms with van der Waals surface area (Å²) in [6, 6.07) is 0.875. The lowest BCUT2D eigenvalue weighted by atomic mass is 9.97. The third kappa shape index (κ3) is 3.05. The molecular formula is C15H26N4O. The van der Waals surface area contributed by atoms with Crippen LogP contribution in [-0.4, -0.2) is 46.8 Å². The van der Waals surface area contributed by atoms with Crippen molar-refractivity contribution in [2.75, 3.05) is 26.3 Å². The topological polar surface area (TPSA) is 56.3 Å². The van der Waals surface area contributed by atoms with Gasteiger partial charge in [0.05, 0.1) is 24.7 Å². The second kappa shape index (κ2) is 6.24. The average Bonchev–Trinajstić information content (AvgIpc) is 2.98. The molecule has 0 radical (unpaired) electrons. The van der Waals surface area contributed by atoms with Gasteiger partial charge in [0.2, 0.25) is 0 Å². The summed E-state index contributed by atoms with van der Waals surface area (Å²) in [6.45, 7) is 7.10. The highest BCUT2D eigenvalue weighted by Gasteiger charge is 2.28. The maximum atomic E-state index is 6.40. The summed E-state index contributed by atoms with van der Waals surface area (Å²) in [5.41, 5.74) is 7.56. The molecule has 2 N–H and O–H groups in total. The van der Waals surface area contributed by atoms with E-state index in [2.05, 4.69) is 21.4 Å². The molecular weight excluding hydrogens is 252 g/mol. The molecule has 2 fully saturated rings. The van der Waals surface area contributed by atoms with Crippen molar-refractivity contribution in [3.05, 3.63) is 18.2 Å². The zero-order valence-corrected chi connectivity index (χ0v) is 12.4. The van der Waals surface area contributed by atoms with E-state index in [0.29, 0.717) is 5.92 Å². The summed E-state index contributed by atoms with van der Waals surface area (Å²) in [6.07, 6.45) is 7.64. The molecule has 1 aliphatic carbocycles. The molecule has 5 nitrogen and oxygen atoms in total. The number of aromatic nitrogens is 2. The van der Waals surface area contributed by atoms with Crippen molar-refractivity contribution >= 4 is 0 Å². The molecule has 5 heteroatoms. The van der Waals surface area contributed by atoms with E-state index >= 15 is 0 Å². The highest BCUT2D eigenvalue weighted by atomic mass is 16.5. The molecule has 0 aromatic carbocycles. The van der Waals surface area contributed by atoms with Crippen molar-refractivity contribution in [3.8, 4) is 0 Å². The Labute approximate surface area is 121 Å². The van der Waals surface area contributed by atoms with E-state index in [9.17, 15) is 0 Å². The van der Waals surface area contributed by atoms with E-state index in [1.165, 1.54) is 12.8 Å². The van der Waals surface area contributed by atoms with Crippen LogP contribution in [0.4, 0.5) is 0 Å². The van der Waals surface area contributed by atoms with Gasteiger partial charge < -0.3 is 15.0 Å². The first-order valence-electron chi connectivity index (χ1n) is 7.87. The lowest BCUT2D eigenvalue weighted by molar-refractivity contribution is 0.180. The van der Waals surface area contributed by atoms with Crippen molar-refractivity contribution in [2.45, 2.75) is 44.8 Å². The molecule has 2 unspecified atom stereocenters. The Morgan fingerprint density at radius 2 is 2.35 bits per heavy atom. The van der Waals surface area contributed by atoms with Gasteiger partial charge in [-0.15, -0.1) is 0 Å². The van der Waals surface area contributed by atoms with Gasteiger partial charge in [0, 0.05) is 37.9 Å². The summed E-state index contributed by atoms with van der Waals surface area (Å²) in [7, 11) is 0. The van der Waals surface area contributed by atoms with Crippen LogP contribution >= 0.6 is 0 Å². The highest BCUT2D eigenvalue weighted by molar-refractivity contribution is 5.07. The van der Waals surface area contributed by atoms with Gasteiger partial charge in [-0.2, -0.15) is 0 Å². The van der Waals surface area contributed by atoms with E-state index < -0.39 is 0 Å². The van der Waals surface area contributed by atoms with Crippen LogP contribution in [-0.2, 0) is 11.3 Å². The number of ether oxygens (including phenoxy) is 1. The summed E-state index contributed by atoms with van der Waals surface area (Å²) >= 11 is 0. The summed E-state index contributed by atoms with van der Waals surface area (Å²) in [5, 5.41) is 0. The van der Waals surface area contributed by atoms with Gasteiger partial charge in [-0.05, 0) is 25.8 Å². The molecule has 1 saturated carbocycles. The first-order valence-corrected chi connectivity index (χ1v) is 7.87. The minimum absolute atomic E-state index is 0.0519. The first-order chi connectivity index (χ1) is 9.79. The van der Waals surface area contributed by atoms with Crippen LogP contribution in [0.2, 0.25) is 0 Å². The Kier molecular flexibility index (Phi) is 4.38. The third-order valence-electron chi connectivity index (χ3n) is 4.66. The van der Waals surface area contributed by atoms with E-state index in [1.807, 2.05) is 12.5 Å². The number of nitrogens with two attached hydrogens (primary N) is 1. The van der Waals surface area contributed by atoms with Crippen molar-refractivity contribution in [2.24, 2.45) is 11.7 Å². The number of rotatable bonds is 7. The minimum Gasteiger partial charge on any atom is -0.381 e. The van der Waals surface area contributed by atoms with E-state index in [-0.39, 0.29) is 6.04 Å². The SMILES string of the molecule is CCN(CCn1cncc1C(N)C1CCOC1)C1CC1. The molecule has 2 heterocycles. The predicted octanol–water partition coefficient (Wildman–Crippen LogP) is 1.40. The molecule has 2 atom stereocenters. The molecule has 0 bridgehead atoms. The van der Waals surface area contributed by atoms with Crippen LogP contribution in [0.5, 0.6) is 0 Å². The van der Waals surface area contributed by atoms with Crippen molar-refractivity contribution in [3.63, 3.8) is 0 Å². The molecule has 2 aliphatic rings. The second-order valence-electron chi connectivity index (χ2n) is 6.02. The van der Waals surface area contributed by atoms with E-state index in [4.69, 9.17) is 10.5 Å². The van der Waals surface area contributed by atoms with Gasteiger partial charge in [0.25, 0.3) is 0 Å². The van der Waals surface area contributed by atoms with E-state index in [0.717, 1.165) is 51.0 Å². The van der Waals surface area contributed by atoms with Gasteiger partial charge in [0.1, 0.15) is 0 Å². The van der Waals surface area contributed by atoms with Gasteiger partial charge in [0.15, 0.2) is 0 Å². The van der Waals surface area contributed by atoms with E-state index in [1.54, 1.807) is 0 Å². The Balaban J connectivity index is 1.60. The Bertz CT molecular complexity index is 423. The normalized spacial score (nSPS) is 24.4. The number of likely N-dealkylation sites (N-methyl/N-ethyl adjacent to an activating group) is 1. The third-order valence-corrected chi connectivity index (χ3v) is 4.66. The quantitative estimate of drug-likeness (QED) is 0.819. The number of hydrogen-bond donors (Lipinski definition) is 1. The summed E-state index contributed by atoms with van der Waals surface area (Å²) in [5.74, 6) is 0.441. The zero-order valence-electron chi connectivity index (χ0n) is 12.4. The fraction of sp³-hybridized carbons (Fsp3) is 0.800. The van der Waals surface area contributed by atoms with Crippen LogP contribution in [0.15, 0.2) is 12.5 Å². The fourth-order valence-corrected chi connectivity index (χ4v) is 3.15. The summed E-state index contributed by atoms with van der Waals surface area (Å²) < 4.78 is 7.68. The molecule has 0 amide bonds. The maximum Gasteiger partial charge on any atom is 0.0949 e. The Morgan fingerprint density at radius 1 is 1.50 bits per heavy atom. The average molecular weight is 278 g/mol. The Morgan fingerprint density at radius 3 is 3.00 bits per heavy atom. The second-order valence-corrected chi connectivity index (χ2v) is 6.02. The molecule has 0 spiro atoms. The molecule has 1 aromatic rings. The molecule has 1 aromatic heterocycles. The van der Waals surface area contributed by atoms with Crippen LogP contribution in [0.1, 0.15) is 37.9 Å². The largest absolute Gasteiger partial charge is 0.381 e. The lowest BCUT2D eigenvalue weighted by Gasteiger charge is -2.23. The molecule has 3 rings (SSSR count). The number of hydrogen-bond acceptors (Lipinski definition) is 4. The van der Waals surface area contributed by atoms with Crippen LogP contribution < -0.4 is 5.73 Å². The van der Waals surface area contributed by atoms with Gasteiger partial charge in [-0.3, -0.25) is 4.90 Å². The molecule has 20 heavy (non-hydrogen) atoms. The molecule has 1 aliphatic heterocycles. The molecule has 112 valence electrons.